The van der Waals surface area contributed by atoms with Crippen LogP contribution in [0.1, 0.15) is 22.8 Å². The van der Waals surface area contributed by atoms with E-state index in [0.717, 1.165) is 25.7 Å². The van der Waals surface area contributed by atoms with Gasteiger partial charge in [0.2, 0.25) is 0 Å². The number of hydrogen-bond acceptors (Lipinski definition) is 2. The number of alkyl halides is 3. The second kappa shape index (κ2) is 6.36. The molecule has 1 aliphatic heterocycles. The number of rotatable bonds is 2. The van der Waals surface area contributed by atoms with Crippen molar-refractivity contribution >= 4 is 21.8 Å². The molecule has 1 fully saturated rings. The lowest BCUT2D eigenvalue weighted by atomic mass is 10.1. The van der Waals surface area contributed by atoms with E-state index in [1.807, 2.05) is 6.92 Å². The molecule has 1 heterocycles. The monoisotopic (exact) mass is 364 g/mol. The molecule has 0 N–H and O–H groups in total. The van der Waals surface area contributed by atoms with Gasteiger partial charge in [-0.2, -0.15) is 13.2 Å². The normalized spacial score (nSPS) is 17.1. The highest BCUT2D eigenvalue weighted by molar-refractivity contribution is 9.10. The first-order valence-electron chi connectivity index (χ1n) is 6.71. The van der Waals surface area contributed by atoms with E-state index < -0.39 is 11.7 Å². The largest absolute Gasteiger partial charge is 0.417 e. The van der Waals surface area contributed by atoms with Crippen LogP contribution in [-0.2, 0) is 6.18 Å². The van der Waals surface area contributed by atoms with Crippen LogP contribution in [0.2, 0.25) is 0 Å². The fraction of sp³-hybridized carbons (Fsp3) is 0.500. The van der Waals surface area contributed by atoms with E-state index in [9.17, 15) is 18.0 Å². The average molecular weight is 365 g/mol. The molecule has 0 spiro atoms. The topological polar surface area (TPSA) is 23.6 Å². The standard InChI is InChI=1S/C14H16BrF3N2O/c1-2-19-5-7-20(8-6-19)13(21)10-3-4-12(15)11(9-10)14(16,17)18/h3-4,9H,2,5-8H2,1H3. The summed E-state index contributed by atoms with van der Waals surface area (Å²) in [6.07, 6.45) is -4.48. The highest BCUT2D eigenvalue weighted by atomic mass is 79.9. The van der Waals surface area contributed by atoms with Gasteiger partial charge in [0.25, 0.3) is 5.91 Å². The molecule has 1 aromatic rings. The number of halogens is 4. The lowest BCUT2D eigenvalue weighted by Crippen LogP contribution is -2.48. The van der Waals surface area contributed by atoms with Crippen molar-refractivity contribution in [3.63, 3.8) is 0 Å². The van der Waals surface area contributed by atoms with Crippen LogP contribution in [-0.4, -0.2) is 48.4 Å². The number of likely N-dealkylation sites (N-methyl/N-ethyl adjacent to an activating group) is 1. The Labute approximate surface area is 129 Å². The highest BCUT2D eigenvalue weighted by Gasteiger charge is 2.34. The molecule has 0 radical (unpaired) electrons. The molecule has 2 rings (SSSR count). The summed E-state index contributed by atoms with van der Waals surface area (Å²) >= 11 is 2.88. The molecule has 1 amide bonds. The summed E-state index contributed by atoms with van der Waals surface area (Å²) in [6, 6.07) is 3.62. The maximum Gasteiger partial charge on any atom is 0.417 e. The van der Waals surface area contributed by atoms with Gasteiger partial charge in [-0.25, -0.2) is 0 Å². The number of benzene rings is 1. The zero-order valence-electron chi connectivity index (χ0n) is 11.6. The smallest absolute Gasteiger partial charge is 0.336 e. The van der Waals surface area contributed by atoms with Crippen LogP contribution in [0.25, 0.3) is 0 Å². The van der Waals surface area contributed by atoms with Crippen LogP contribution in [0.15, 0.2) is 22.7 Å². The molecule has 7 heteroatoms. The number of piperazine rings is 1. The Morgan fingerprint density at radius 2 is 1.86 bits per heavy atom. The van der Waals surface area contributed by atoms with Crippen molar-refractivity contribution in [3.05, 3.63) is 33.8 Å². The molecule has 0 bridgehead atoms. The summed E-state index contributed by atoms with van der Waals surface area (Å²) in [7, 11) is 0. The van der Waals surface area contributed by atoms with Gasteiger partial charge in [0, 0.05) is 36.2 Å². The molecule has 3 nitrogen and oxygen atoms in total. The first-order chi connectivity index (χ1) is 9.82. The van der Waals surface area contributed by atoms with Crippen molar-refractivity contribution in [1.29, 1.82) is 0 Å². The summed E-state index contributed by atoms with van der Waals surface area (Å²) in [5, 5.41) is 0. The lowest BCUT2D eigenvalue weighted by molar-refractivity contribution is -0.138. The van der Waals surface area contributed by atoms with Gasteiger partial charge in [-0.05, 0) is 24.7 Å². The van der Waals surface area contributed by atoms with E-state index in [-0.39, 0.29) is 15.9 Å². The van der Waals surface area contributed by atoms with Crippen LogP contribution in [0.5, 0.6) is 0 Å². The predicted molar refractivity (Wildman–Crippen MR) is 77.2 cm³/mol. The van der Waals surface area contributed by atoms with E-state index in [1.54, 1.807) is 4.90 Å². The van der Waals surface area contributed by atoms with Gasteiger partial charge < -0.3 is 9.80 Å². The van der Waals surface area contributed by atoms with E-state index in [4.69, 9.17) is 0 Å². The molecule has 1 aromatic carbocycles. The van der Waals surface area contributed by atoms with Crippen LogP contribution >= 0.6 is 15.9 Å². The number of amides is 1. The predicted octanol–water partition coefficient (Wildman–Crippen LogP) is 3.25. The third-order valence-corrected chi connectivity index (χ3v) is 4.32. The zero-order valence-corrected chi connectivity index (χ0v) is 13.2. The molecular formula is C14H16BrF3N2O. The molecule has 0 unspecified atom stereocenters. The van der Waals surface area contributed by atoms with Crippen LogP contribution in [0.3, 0.4) is 0 Å². The van der Waals surface area contributed by atoms with Crippen molar-refractivity contribution < 1.29 is 18.0 Å². The fourth-order valence-corrected chi connectivity index (χ4v) is 2.80. The van der Waals surface area contributed by atoms with Gasteiger partial charge in [0.15, 0.2) is 0 Å². The number of hydrogen-bond donors (Lipinski definition) is 0. The number of nitrogens with zero attached hydrogens (tertiary/aromatic N) is 2. The Kier molecular flexibility index (Phi) is 4.93. The minimum atomic E-state index is -4.48. The van der Waals surface area contributed by atoms with E-state index in [0.29, 0.717) is 13.1 Å². The molecule has 0 aliphatic carbocycles. The summed E-state index contributed by atoms with van der Waals surface area (Å²) in [4.78, 5) is 16.1. The van der Waals surface area contributed by atoms with E-state index >= 15 is 0 Å². The second-order valence-corrected chi connectivity index (χ2v) is 5.77. The average Bonchev–Trinajstić information content (AvgIpc) is 2.46. The summed E-state index contributed by atoms with van der Waals surface area (Å²) in [5.74, 6) is -0.344. The number of carbonyl (C=O) groups is 1. The van der Waals surface area contributed by atoms with Crippen LogP contribution in [0, 0.1) is 0 Å². The van der Waals surface area contributed by atoms with E-state index in [2.05, 4.69) is 20.8 Å². The molecule has 116 valence electrons. The quantitative estimate of drug-likeness (QED) is 0.804. The second-order valence-electron chi connectivity index (χ2n) is 4.92. The summed E-state index contributed by atoms with van der Waals surface area (Å²) in [6.45, 7) is 5.56. The zero-order chi connectivity index (χ0) is 15.6. The minimum absolute atomic E-state index is 0.0534. The van der Waals surface area contributed by atoms with Gasteiger partial charge in [-0.15, -0.1) is 0 Å². The molecule has 0 saturated carbocycles. The Morgan fingerprint density at radius 3 is 2.38 bits per heavy atom. The van der Waals surface area contributed by atoms with Gasteiger partial charge in [-0.1, -0.05) is 22.9 Å². The van der Waals surface area contributed by atoms with Crippen molar-refractivity contribution in [2.45, 2.75) is 13.1 Å². The summed E-state index contributed by atoms with van der Waals surface area (Å²) in [5.41, 5.74) is -0.740. The van der Waals surface area contributed by atoms with E-state index in [1.165, 1.54) is 12.1 Å². The van der Waals surface area contributed by atoms with Crippen molar-refractivity contribution in [2.24, 2.45) is 0 Å². The molecule has 1 aliphatic rings. The molecular weight excluding hydrogens is 349 g/mol. The third kappa shape index (κ3) is 3.77. The first kappa shape index (κ1) is 16.3. The number of carbonyl (C=O) groups excluding carboxylic acids is 1. The van der Waals surface area contributed by atoms with Gasteiger partial charge >= 0.3 is 6.18 Å². The molecule has 0 atom stereocenters. The maximum atomic E-state index is 12.9. The van der Waals surface area contributed by atoms with Crippen LogP contribution in [0.4, 0.5) is 13.2 Å². The maximum absolute atomic E-state index is 12.9. The van der Waals surface area contributed by atoms with Gasteiger partial charge in [0.1, 0.15) is 0 Å². The lowest BCUT2D eigenvalue weighted by Gasteiger charge is -2.34. The van der Waals surface area contributed by atoms with Crippen molar-refractivity contribution in [1.82, 2.24) is 9.80 Å². The SMILES string of the molecule is CCN1CCN(C(=O)c2ccc(Br)c(C(F)(F)F)c2)CC1. The molecule has 0 aromatic heterocycles. The highest BCUT2D eigenvalue weighted by Crippen LogP contribution is 2.35. The van der Waals surface area contributed by atoms with Gasteiger partial charge in [-0.3, -0.25) is 4.79 Å². The molecule has 1 saturated heterocycles. The summed E-state index contributed by atoms with van der Waals surface area (Å²) < 4.78 is 38.6. The molecule has 21 heavy (non-hydrogen) atoms. The Hall–Kier alpha value is -1.08. The third-order valence-electron chi connectivity index (χ3n) is 3.63. The van der Waals surface area contributed by atoms with Crippen LogP contribution < -0.4 is 0 Å². The van der Waals surface area contributed by atoms with Gasteiger partial charge in [0.05, 0.1) is 5.56 Å². The van der Waals surface area contributed by atoms with Crippen molar-refractivity contribution in [3.8, 4) is 0 Å². The fourth-order valence-electron chi connectivity index (χ4n) is 2.33. The van der Waals surface area contributed by atoms with Crippen molar-refractivity contribution in [2.75, 3.05) is 32.7 Å². The Balaban J connectivity index is 2.17. The minimum Gasteiger partial charge on any atom is -0.336 e. The Morgan fingerprint density at radius 1 is 1.24 bits per heavy atom. The Bertz CT molecular complexity index is 525. The first-order valence-corrected chi connectivity index (χ1v) is 7.50.